The lowest BCUT2D eigenvalue weighted by Gasteiger charge is -2.35. The summed E-state index contributed by atoms with van der Waals surface area (Å²) in [4.78, 5) is 16.5. The number of hydrogen-bond acceptors (Lipinski definition) is 3. The predicted octanol–water partition coefficient (Wildman–Crippen LogP) is 1.20. The zero-order chi connectivity index (χ0) is 13.0. The van der Waals surface area contributed by atoms with Crippen LogP contribution in [0.15, 0.2) is 0 Å². The van der Waals surface area contributed by atoms with Crippen molar-refractivity contribution in [3.05, 3.63) is 0 Å². The van der Waals surface area contributed by atoms with E-state index in [-0.39, 0.29) is 0 Å². The highest BCUT2D eigenvalue weighted by Gasteiger charge is 2.25. The molecule has 2 rings (SSSR count). The van der Waals surface area contributed by atoms with Crippen molar-refractivity contribution in [2.45, 2.75) is 57.0 Å². The summed E-state index contributed by atoms with van der Waals surface area (Å²) in [6.45, 7) is 2.50. The summed E-state index contributed by atoms with van der Waals surface area (Å²) >= 11 is 0. The Kier molecular flexibility index (Phi) is 5.01. The van der Waals surface area contributed by atoms with Gasteiger partial charge in [-0.05, 0) is 52.0 Å². The molecular weight excluding hydrogens is 226 g/mol. The van der Waals surface area contributed by atoms with Gasteiger partial charge in [-0.1, -0.05) is 0 Å². The van der Waals surface area contributed by atoms with Gasteiger partial charge < -0.3 is 10.6 Å². The molecule has 2 N–H and O–H groups in total. The van der Waals surface area contributed by atoms with E-state index in [4.69, 9.17) is 5.73 Å². The van der Waals surface area contributed by atoms with E-state index < -0.39 is 0 Å². The fraction of sp³-hybridized carbons (Fsp3) is 0.929. The van der Waals surface area contributed by atoms with E-state index in [1.165, 1.54) is 19.3 Å². The van der Waals surface area contributed by atoms with E-state index >= 15 is 0 Å². The van der Waals surface area contributed by atoms with Crippen LogP contribution in [0, 0.1) is 0 Å². The molecule has 4 heteroatoms. The van der Waals surface area contributed by atoms with Gasteiger partial charge in [0.15, 0.2) is 0 Å². The Balaban J connectivity index is 1.75. The van der Waals surface area contributed by atoms with Gasteiger partial charge in [0.05, 0.1) is 6.54 Å². The van der Waals surface area contributed by atoms with Crippen LogP contribution in [0.4, 0.5) is 0 Å². The molecule has 1 aliphatic carbocycles. The van der Waals surface area contributed by atoms with Crippen LogP contribution >= 0.6 is 0 Å². The van der Waals surface area contributed by atoms with Crippen LogP contribution in [0.3, 0.4) is 0 Å². The molecule has 1 saturated carbocycles. The van der Waals surface area contributed by atoms with E-state index in [9.17, 15) is 4.79 Å². The summed E-state index contributed by atoms with van der Waals surface area (Å²) in [5.74, 6) is 0.312. The first-order valence-electron chi connectivity index (χ1n) is 7.40. The van der Waals surface area contributed by atoms with Crippen LogP contribution in [-0.4, -0.2) is 54.5 Å². The maximum atomic E-state index is 12.2. The monoisotopic (exact) mass is 253 g/mol. The Morgan fingerprint density at radius 2 is 1.78 bits per heavy atom. The maximum absolute atomic E-state index is 12.2. The van der Waals surface area contributed by atoms with Crippen molar-refractivity contribution in [1.82, 2.24) is 9.80 Å². The zero-order valence-corrected chi connectivity index (χ0v) is 11.6. The molecule has 0 atom stereocenters. The lowest BCUT2D eigenvalue weighted by atomic mass is 9.91. The van der Waals surface area contributed by atoms with E-state index in [1.54, 1.807) is 0 Å². The summed E-state index contributed by atoms with van der Waals surface area (Å²) in [6.07, 6.45) is 8.12. The summed E-state index contributed by atoms with van der Waals surface area (Å²) in [5.41, 5.74) is 5.92. The maximum Gasteiger partial charge on any atom is 0.236 e. The lowest BCUT2D eigenvalue weighted by Crippen LogP contribution is -2.46. The van der Waals surface area contributed by atoms with Gasteiger partial charge in [0.25, 0.3) is 0 Å². The van der Waals surface area contributed by atoms with Crippen LogP contribution in [0.25, 0.3) is 0 Å². The molecule has 1 amide bonds. The highest BCUT2D eigenvalue weighted by molar-refractivity contribution is 5.78. The number of hydrogen-bond donors (Lipinski definition) is 1. The van der Waals surface area contributed by atoms with E-state index in [1.807, 2.05) is 4.90 Å². The van der Waals surface area contributed by atoms with Gasteiger partial charge in [-0.2, -0.15) is 0 Å². The number of rotatable bonds is 3. The second kappa shape index (κ2) is 6.53. The number of carbonyl (C=O) groups excluding carboxylic acids is 1. The van der Waals surface area contributed by atoms with Crippen LogP contribution in [0.2, 0.25) is 0 Å². The standard InChI is InChI=1S/C14H27N3O/c1-16(13-7-5-12(15)6-8-13)11-14(18)17-9-3-2-4-10-17/h12-13H,2-11,15H2,1H3. The summed E-state index contributed by atoms with van der Waals surface area (Å²) in [6, 6.07) is 0.936. The van der Waals surface area contributed by atoms with Crippen molar-refractivity contribution in [3.63, 3.8) is 0 Å². The van der Waals surface area contributed by atoms with Crippen molar-refractivity contribution in [3.8, 4) is 0 Å². The number of nitrogens with zero attached hydrogens (tertiary/aromatic N) is 2. The minimum Gasteiger partial charge on any atom is -0.342 e. The molecule has 1 heterocycles. The molecule has 104 valence electrons. The largest absolute Gasteiger partial charge is 0.342 e. The Bertz CT molecular complexity index is 268. The Morgan fingerprint density at radius 3 is 2.39 bits per heavy atom. The first-order valence-corrected chi connectivity index (χ1v) is 7.40. The molecule has 1 aliphatic heterocycles. The van der Waals surface area contributed by atoms with Gasteiger partial charge in [0.2, 0.25) is 5.91 Å². The molecule has 0 spiro atoms. The number of likely N-dealkylation sites (tertiary alicyclic amines) is 1. The second-order valence-corrected chi connectivity index (χ2v) is 5.93. The predicted molar refractivity (Wildman–Crippen MR) is 73.3 cm³/mol. The minimum absolute atomic E-state index is 0.312. The van der Waals surface area contributed by atoms with Crippen molar-refractivity contribution < 1.29 is 4.79 Å². The third kappa shape index (κ3) is 3.69. The molecule has 0 radical (unpaired) electrons. The smallest absolute Gasteiger partial charge is 0.236 e. The van der Waals surface area contributed by atoms with Crippen molar-refractivity contribution in [2.24, 2.45) is 5.73 Å². The molecule has 0 unspecified atom stereocenters. The van der Waals surface area contributed by atoms with Gasteiger partial charge in [0.1, 0.15) is 0 Å². The number of carbonyl (C=O) groups is 1. The fourth-order valence-corrected chi connectivity index (χ4v) is 3.13. The Hall–Kier alpha value is -0.610. The quantitative estimate of drug-likeness (QED) is 0.822. The summed E-state index contributed by atoms with van der Waals surface area (Å²) < 4.78 is 0. The van der Waals surface area contributed by atoms with Gasteiger partial charge in [-0.15, -0.1) is 0 Å². The van der Waals surface area contributed by atoms with E-state index in [2.05, 4.69) is 11.9 Å². The summed E-state index contributed by atoms with van der Waals surface area (Å²) in [5, 5.41) is 0. The van der Waals surface area contributed by atoms with Crippen LogP contribution in [-0.2, 0) is 4.79 Å². The third-order valence-corrected chi connectivity index (χ3v) is 4.46. The third-order valence-electron chi connectivity index (χ3n) is 4.46. The second-order valence-electron chi connectivity index (χ2n) is 5.93. The molecule has 2 aliphatic rings. The fourth-order valence-electron chi connectivity index (χ4n) is 3.13. The van der Waals surface area contributed by atoms with E-state index in [0.29, 0.717) is 24.5 Å². The normalized spacial score (nSPS) is 29.6. The highest BCUT2D eigenvalue weighted by atomic mass is 16.2. The summed E-state index contributed by atoms with van der Waals surface area (Å²) in [7, 11) is 2.09. The molecule has 0 bridgehead atoms. The van der Waals surface area contributed by atoms with Gasteiger partial charge >= 0.3 is 0 Å². The molecule has 0 aromatic rings. The first-order chi connectivity index (χ1) is 8.66. The molecular formula is C14H27N3O. The average molecular weight is 253 g/mol. The van der Waals surface area contributed by atoms with Gasteiger partial charge in [-0.3, -0.25) is 9.69 Å². The molecule has 1 saturated heterocycles. The first kappa shape index (κ1) is 13.8. The van der Waals surface area contributed by atoms with Crippen LogP contribution in [0.5, 0.6) is 0 Å². The topological polar surface area (TPSA) is 49.6 Å². The van der Waals surface area contributed by atoms with Crippen molar-refractivity contribution >= 4 is 5.91 Å². The van der Waals surface area contributed by atoms with Gasteiger partial charge in [0, 0.05) is 25.2 Å². The van der Waals surface area contributed by atoms with Gasteiger partial charge in [-0.25, -0.2) is 0 Å². The molecule has 18 heavy (non-hydrogen) atoms. The van der Waals surface area contributed by atoms with E-state index in [0.717, 1.165) is 38.8 Å². The number of piperidine rings is 1. The number of nitrogens with two attached hydrogens (primary N) is 1. The molecule has 0 aromatic heterocycles. The molecule has 0 aromatic carbocycles. The highest BCUT2D eigenvalue weighted by Crippen LogP contribution is 2.21. The Labute approximate surface area is 110 Å². The Morgan fingerprint density at radius 1 is 1.17 bits per heavy atom. The van der Waals surface area contributed by atoms with Crippen LogP contribution < -0.4 is 5.73 Å². The molecule has 2 fully saturated rings. The average Bonchev–Trinajstić information content (AvgIpc) is 2.40. The number of likely N-dealkylation sites (N-methyl/N-ethyl adjacent to an activating group) is 1. The van der Waals surface area contributed by atoms with Crippen molar-refractivity contribution in [1.29, 1.82) is 0 Å². The molecule has 4 nitrogen and oxygen atoms in total. The minimum atomic E-state index is 0.312. The van der Waals surface area contributed by atoms with Crippen LogP contribution in [0.1, 0.15) is 44.9 Å². The number of amides is 1. The zero-order valence-electron chi connectivity index (χ0n) is 11.6. The SMILES string of the molecule is CN(CC(=O)N1CCCCC1)C1CCC(N)CC1. The lowest BCUT2D eigenvalue weighted by molar-refractivity contribution is -0.133. The van der Waals surface area contributed by atoms with Crippen molar-refractivity contribution in [2.75, 3.05) is 26.7 Å².